The number of esters is 1. The summed E-state index contributed by atoms with van der Waals surface area (Å²) in [6.45, 7) is 2.83. The van der Waals surface area contributed by atoms with Crippen molar-refractivity contribution in [2.45, 2.75) is 26.4 Å². The summed E-state index contributed by atoms with van der Waals surface area (Å²) >= 11 is 0. The predicted octanol–water partition coefficient (Wildman–Crippen LogP) is 3.16. The minimum atomic E-state index is -0.476. The molecule has 1 fully saturated rings. The van der Waals surface area contributed by atoms with E-state index < -0.39 is 5.97 Å². The Balaban J connectivity index is 1.50. The topological polar surface area (TPSA) is 86.8 Å². The van der Waals surface area contributed by atoms with E-state index in [9.17, 15) is 9.59 Å². The molecule has 1 aliphatic carbocycles. The highest BCUT2D eigenvalue weighted by Gasteiger charge is 2.29. The molecule has 0 bridgehead atoms. The van der Waals surface area contributed by atoms with Gasteiger partial charge in [-0.15, -0.1) is 0 Å². The van der Waals surface area contributed by atoms with E-state index in [2.05, 4.69) is 10.3 Å². The molecule has 1 heterocycles. The maximum atomic E-state index is 12.2. The first kappa shape index (κ1) is 18.8. The first-order valence-corrected chi connectivity index (χ1v) is 8.89. The van der Waals surface area contributed by atoms with Crippen LogP contribution < -0.4 is 10.1 Å². The average molecular weight is 370 g/mol. The minimum Gasteiger partial charge on any atom is -0.468 e. The first-order valence-electron chi connectivity index (χ1n) is 8.89. The number of rotatable bonds is 9. The fraction of sp³-hybridized carbons (Fsp3) is 0.350. The van der Waals surface area contributed by atoms with Crippen LogP contribution in [0.3, 0.4) is 0 Å². The van der Waals surface area contributed by atoms with Gasteiger partial charge in [0.2, 0.25) is 5.91 Å². The van der Waals surface area contributed by atoms with Crippen LogP contribution in [0, 0.1) is 5.92 Å². The van der Waals surface area contributed by atoms with Gasteiger partial charge < -0.3 is 19.5 Å². The molecule has 0 unspecified atom stereocenters. The van der Waals surface area contributed by atoms with E-state index in [1.165, 1.54) is 12.3 Å². The lowest BCUT2D eigenvalue weighted by atomic mass is 10.2. The lowest BCUT2D eigenvalue weighted by Crippen LogP contribution is -2.15. The molecule has 0 aliphatic heterocycles. The van der Waals surface area contributed by atoms with E-state index in [4.69, 9.17) is 14.2 Å². The van der Waals surface area contributed by atoms with E-state index >= 15 is 0 Å². The molecule has 1 amide bonds. The standard InChI is InChI=1S/C20H22N2O5/c1-2-25-13-27-17-7-3-14(4-8-17)12-26-20(24)16-9-10-21-18(11-16)22-19(23)15-5-6-15/h3-4,7-11,15H,2,5-6,12-13H2,1H3,(H,21,22,23). The molecule has 1 aromatic heterocycles. The summed E-state index contributed by atoms with van der Waals surface area (Å²) in [5.74, 6) is 0.583. The molecular weight excluding hydrogens is 348 g/mol. The molecule has 1 N–H and O–H groups in total. The minimum absolute atomic E-state index is 0.0559. The van der Waals surface area contributed by atoms with Crippen molar-refractivity contribution in [3.05, 3.63) is 53.7 Å². The summed E-state index contributed by atoms with van der Waals surface area (Å²) < 4.78 is 15.8. The molecule has 142 valence electrons. The van der Waals surface area contributed by atoms with E-state index in [1.807, 2.05) is 19.1 Å². The van der Waals surface area contributed by atoms with Gasteiger partial charge in [-0.3, -0.25) is 4.79 Å². The number of carbonyl (C=O) groups is 2. The summed E-state index contributed by atoms with van der Waals surface area (Å²) in [4.78, 5) is 28.1. The molecular formula is C20H22N2O5. The van der Waals surface area contributed by atoms with Crippen molar-refractivity contribution in [2.24, 2.45) is 5.92 Å². The second kappa shape index (κ2) is 9.14. The predicted molar refractivity (Wildman–Crippen MR) is 98.3 cm³/mol. The zero-order valence-electron chi connectivity index (χ0n) is 15.1. The smallest absolute Gasteiger partial charge is 0.338 e. The van der Waals surface area contributed by atoms with Gasteiger partial charge in [0.1, 0.15) is 18.2 Å². The van der Waals surface area contributed by atoms with Gasteiger partial charge in [-0.1, -0.05) is 12.1 Å². The molecule has 27 heavy (non-hydrogen) atoms. The van der Waals surface area contributed by atoms with Crippen molar-refractivity contribution in [2.75, 3.05) is 18.7 Å². The lowest BCUT2D eigenvalue weighted by molar-refractivity contribution is -0.117. The zero-order valence-corrected chi connectivity index (χ0v) is 15.1. The number of anilines is 1. The van der Waals surface area contributed by atoms with Gasteiger partial charge in [0, 0.05) is 18.7 Å². The Hall–Kier alpha value is -2.93. The van der Waals surface area contributed by atoms with Crippen molar-refractivity contribution in [1.82, 2.24) is 4.98 Å². The van der Waals surface area contributed by atoms with Crippen LogP contribution in [0.15, 0.2) is 42.6 Å². The maximum Gasteiger partial charge on any atom is 0.338 e. The van der Waals surface area contributed by atoms with Crippen LogP contribution in [0.1, 0.15) is 35.7 Å². The first-order chi connectivity index (χ1) is 13.2. The van der Waals surface area contributed by atoms with Crippen LogP contribution in [0.2, 0.25) is 0 Å². The molecule has 1 saturated carbocycles. The number of nitrogens with zero attached hydrogens (tertiary/aromatic N) is 1. The van der Waals surface area contributed by atoms with Crippen LogP contribution in [0.4, 0.5) is 5.82 Å². The monoisotopic (exact) mass is 370 g/mol. The van der Waals surface area contributed by atoms with Gasteiger partial charge in [-0.25, -0.2) is 9.78 Å². The Kier molecular flexibility index (Phi) is 6.38. The number of hydrogen-bond acceptors (Lipinski definition) is 6. The van der Waals surface area contributed by atoms with Crippen molar-refractivity contribution < 1.29 is 23.8 Å². The fourth-order valence-corrected chi connectivity index (χ4v) is 2.31. The SMILES string of the molecule is CCOCOc1ccc(COC(=O)c2ccnc(NC(=O)C3CC3)c2)cc1. The largest absolute Gasteiger partial charge is 0.468 e. The van der Waals surface area contributed by atoms with Gasteiger partial charge in [0.15, 0.2) is 6.79 Å². The lowest BCUT2D eigenvalue weighted by Gasteiger charge is -2.08. The van der Waals surface area contributed by atoms with Gasteiger partial charge in [-0.05, 0) is 49.6 Å². The third-order valence-corrected chi connectivity index (χ3v) is 4.00. The van der Waals surface area contributed by atoms with Crippen molar-refractivity contribution in [3.8, 4) is 5.75 Å². The molecule has 1 aromatic carbocycles. The van der Waals surface area contributed by atoms with Crippen LogP contribution in [0.25, 0.3) is 0 Å². The van der Waals surface area contributed by atoms with Crippen LogP contribution in [-0.2, 0) is 20.9 Å². The van der Waals surface area contributed by atoms with Gasteiger partial charge >= 0.3 is 5.97 Å². The summed E-state index contributed by atoms with van der Waals surface area (Å²) in [5, 5.41) is 2.72. The maximum absolute atomic E-state index is 12.2. The number of benzene rings is 1. The summed E-state index contributed by atoms with van der Waals surface area (Å²) in [7, 11) is 0. The Labute approximate surface area is 157 Å². The highest BCUT2D eigenvalue weighted by molar-refractivity contribution is 5.95. The van der Waals surface area contributed by atoms with Gasteiger partial charge in [0.05, 0.1) is 5.56 Å². The number of amides is 1. The second-order valence-electron chi connectivity index (χ2n) is 6.17. The van der Waals surface area contributed by atoms with E-state index in [1.54, 1.807) is 18.2 Å². The number of carbonyl (C=O) groups excluding carboxylic acids is 2. The second-order valence-corrected chi connectivity index (χ2v) is 6.17. The van der Waals surface area contributed by atoms with Crippen molar-refractivity contribution in [3.63, 3.8) is 0 Å². The Morgan fingerprint density at radius 1 is 1.19 bits per heavy atom. The van der Waals surface area contributed by atoms with Crippen LogP contribution >= 0.6 is 0 Å². The molecule has 0 saturated heterocycles. The fourth-order valence-electron chi connectivity index (χ4n) is 2.31. The zero-order chi connectivity index (χ0) is 19.1. The normalized spacial score (nSPS) is 13.1. The number of pyridine rings is 1. The third kappa shape index (κ3) is 5.79. The molecule has 0 radical (unpaired) electrons. The van der Waals surface area contributed by atoms with E-state index in [0.717, 1.165) is 18.4 Å². The van der Waals surface area contributed by atoms with E-state index in [0.29, 0.717) is 23.7 Å². The number of nitrogens with one attached hydrogen (secondary N) is 1. The van der Waals surface area contributed by atoms with Gasteiger partial charge in [0.25, 0.3) is 0 Å². The molecule has 7 heteroatoms. The Morgan fingerprint density at radius 3 is 2.67 bits per heavy atom. The number of hydrogen-bond donors (Lipinski definition) is 1. The molecule has 1 aliphatic rings. The Bertz CT molecular complexity index is 787. The number of ether oxygens (including phenoxy) is 3. The highest BCUT2D eigenvalue weighted by Crippen LogP contribution is 2.30. The third-order valence-electron chi connectivity index (χ3n) is 4.00. The Morgan fingerprint density at radius 2 is 1.96 bits per heavy atom. The summed E-state index contributed by atoms with van der Waals surface area (Å²) in [6.07, 6.45) is 3.29. The summed E-state index contributed by atoms with van der Waals surface area (Å²) in [6, 6.07) is 10.3. The quantitative estimate of drug-likeness (QED) is 0.414. The molecule has 0 atom stereocenters. The van der Waals surface area contributed by atoms with Crippen molar-refractivity contribution >= 4 is 17.7 Å². The van der Waals surface area contributed by atoms with Gasteiger partial charge in [-0.2, -0.15) is 0 Å². The highest BCUT2D eigenvalue weighted by atomic mass is 16.7. The van der Waals surface area contributed by atoms with Crippen molar-refractivity contribution in [1.29, 1.82) is 0 Å². The number of aromatic nitrogens is 1. The average Bonchev–Trinajstić information content (AvgIpc) is 3.53. The molecule has 2 aromatic rings. The van der Waals surface area contributed by atoms with Crippen LogP contribution in [0.5, 0.6) is 5.75 Å². The summed E-state index contributed by atoms with van der Waals surface area (Å²) in [5.41, 5.74) is 1.18. The molecule has 7 nitrogen and oxygen atoms in total. The van der Waals surface area contributed by atoms with E-state index in [-0.39, 0.29) is 25.2 Å². The van der Waals surface area contributed by atoms with Crippen LogP contribution in [-0.4, -0.2) is 30.3 Å². The molecule has 3 rings (SSSR count). The molecule has 0 spiro atoms.